The quantitative estimate of drug-likeness (QED) is 0.810. The lowest BCUT2D eigenvalue weighted by Crippen LogP contribution is -2.51. The number of piperazine rings is 1. The van der Waals surface area contributed by atoms with E-state index in [0.717, 1.165) is 38.5 Å². The molecule has 2 amide bonds. The Kier molecular flexibility index (Phi) is 6.87. The van der Waals surface area contributed by atoms with Crippen LogP contribution in [0.25, 0.3) is 0 Å². The van der Waals surface area contributed by atoms with Crippen molar-refractivity contribution in [3.63, 3.8) is 0 Å². The number of thiophene rings is 1. The van der Waals surface area contributed by atoms with E-state index in [0.29, 0.717) is 25.4 Å². The zero-order valence-corrected chi connectivity index (χ0v) is 15.7. The third-order valence-corrected chi connectivity index (χ3v) is 6.25. The third kappa shape index (κ3) is 5.82. The molecule has 0 unspecified atom stereocenters. The van der Waals surface area contributed by atoms with Crippen LogP contribution >= 0.6 is 11.3 Å². The molecule has 0 spiro atoms. The van der Waals surface area contributed by atoms with E-state index in [4.69, 9.17) is 0 Å². The Bertz CT molecular complexity index is 547. The van der Waals surface area contributed by atoms with Crippen LogP contribution in [0.15, 0.2) is 17.5 Å². The number of hydrogen-bond acceptors (Lipinski definition) is 4. The van der Waals surface area contributed by atoms with Gasteiger partial charge in [0.25, 0.3) is 0 Å². The highest BCUT2D eigenvalue weighted by molar-refractivity contribution is 7.09. The maximum absolute atomic E-state index is 12.3. The number of carbonyl (C=O) groups is 2. The molecule has 6 heteroatoms. The second kappa shape index (κ2) is 9.34. The number of hydrogen-bond donors (Lipinski definition) is 1. The Balaban J connectivity index is 1.30. The monoisotopic (exact) mass is 363 g/mol. The smallest absolute Gasteiger partial charge is 0.234 e. The van der Waals surface area contributed by atoms with Crippen molar-refractivity contribution in [2.45, 2.75) is 45.1 Å². The lowest BCUT2D eigenvalue weighted by atomic mass is 10.0. The minimum atomic E-state index is 0.0643. The van der Waals surface area contributed by atoms with Crippen molar-refractivity contribution in [3.8, 4) is 0 Å². The molecule has 3 rings (SSSR count). The zero-order valence-electron chi connectivity index (χ0n) is 14.9. The largest absolute Gasteiger partial charge is 0.350 e. The average molecular weight is 364 g/mol. The number of carbonyl (C=O) groups excluding carboxylic acids is 2. The highest BCUT2D eigenvalue weighted by atomic mass is 32.1. The van der Waals surface area contributed by atoms with Gasteiger partial charge in [-0.25, -0.2) is 0 Å². The minimum absolute atomic E-state index is 0.0643. The molecule has 1 aromatic rings. The summed E-state index contributed by atoms with van der Waals surface area (Å²) in [5, 5.41) is 4.99. The van der Waals surface area contributed by atoms with Crippen molar-refractivity contribution in [3.05, 3.63) is 22.4 Å². The molecular formula is C19H29N3O2S. The van der Waals surface area contributed by atoms with Gasteiger partial charge in [0.2, 0.25) is 11.8 Å². The molecule has 1 saturated carbocycles. The van der Waals surface area contributed by atoms with Gasteiger partial charge in [0.05, 0.1) is 13.1 Å². The first-order valence-electron chi connectivity index (χ1n) is 9.50. The van der Waals surface area contributed by atoms with Gasteiger partial charge in [0.1, 0.15) is 0 Å². The second-order valence-electron chi connectivity index (χ2n) is 7.20. The van der Waals surface area contributed by atoms with Crippen molar-refractivity contribution in [2.75, 3.05) is 32.7 Å². The normalized spacial score (nSPS) is 19.3. The first-order valence-corrected chi connectivity index (χ1v) is 10.4. The Morgan fingerprint density at radius 3 is 2.60 bits per heavy atom. The molecule has 1 saturated heterocycles. The predicted molar refractivity (Wildman–Crippen MR) is 100 cm³/mol. The predicted octanol–water partition coefficient (Wildman–Crippen LogP) is 2.48. The summed E-state index contributed by atoms with van der Waals surface area (Å²) in [6.45, 7) is 4.12. The van der Waals surface area contributed by atoms with E-state index in [-0.39, 0.29) is 5.91 Å². The van der Waals surface area contributed by atoms with Crippen LogP contribution in [0.1, 0.15) is 43.4 Å². The number of nitrogens with zero attached hydrogens (tertiary/aromatic N) is 2. The lowest BCUT2D eigenvalue weighted by molar-refractivity contribution is -0.133. The van der Waals surface area contributed by atoms with Crippen LogP contribution in [0.2, 0.25) is 0 Å². The zero-order chi connectivity index (χ0) is 17.5. The number of amides is 2. The summed E-state index contributed by atoms with van der Waals surface area (Å²) >= 11 is 1.66. The van der Waals surface area contributed by atoms with Gasteiger partial charge in [-0.1, -0.05) is 31.7 Å². The molecule has 25 heavy (non-hydrogen) atoms. The Morgan fingerprint density at radius 1 is 1.16 bits per heavy atom. The molecule has 1 aromatic heterocycles. The Labute approximate surface area is 154 Å². The molecule has 0 atom stereocenters. The number of rotatable bonds is 7. The van der Waals surface area contributed by atoms with E-state index in [1.807, 2.05) is 22.4 Å². The molecule has 1 aliphatic carbocycles. The molecule has 1 aliphatic heterocycles. The molecule has 0 radical (unpaired) electrons. The number of nitrogens with one attached hydrogen (secondary N) is 1. The fourth-order valence-electron chi connectivity index (χ4n) is 3.80. The van der Waals surface area contributed by atoms with E-state index >= 15 is 0 Å². The molecule has 2 aliphatic rings. The van der Waals surface area contributed by atoms with Gasteiger partial charge in [-0.05, 0) is 23.8 Å². The van der Waals surface area contributed by atoms with Crippen LogP contribution in [0, 0.1) is 5.92 Å². The molecule has 2 fully saturated rings. The highest BCUT2D eigenvalue weighted by Crippen LogP contribution is 2.28. The SMILES string of the molecule is O=C(CN1CCN(C(=O)CCC2CCCC2)CC1)NCc1cccs1. The van der Waals surface area contributed by atoms with Gasteiger partial charge >= 0.3 is 0 Å². The van der Waals surface area contributed by atoms with Crippen LogP contribution in [0.3, 0.4) is 0 Å². The van der Waals surface area contributed by atoms with Gasteiger partial charge in [0.15, 0.2) is 0 Å². The van der Waals surface area contributed by atoms with Gasteiger partial charge < -0.3 is 10.2 Å². The lowest BCUT2D eigenvalue weighted by Gasteiger charge is -2.34. The van der Waals surface area contributed by atoms with E-state index < -0.39 is 0 Å². The van der Waals surface area contributed by atoms with E-state index in [1.165, 1.54) is 30.6 Å². The summed E-state index contributed by atoms with van der Waals surface area (Å²) in [4.78, 5) is 29.7. The summed E-state index contributed by atoms with van der Waals surface area (Å²) in [6, 6.07) is 4.02. The molecular weight excluding hydrogens is 334 g/mol. The minimum Gasteiger partial charge on any atom is -0.350 e. The van der Waals surface area contributed by atoms with E-state index in [2.05, 4.69) is 10.2 Å². The molecule has 138 valence electrons. The van der Waals surface area contributed by atoms with Crippen LogP contribution in [-0.4, -0.2) is 54.3 Å². The summed E-state index contributed by atoms with van der Waals surface area (Å²) in [6.07, 6.45) is 7.05. The van der Waals surface area contributed by atoms with Crippen molar-refractivity contribution < 1.29 is 9.59 Å². The first-order chi connectivity index (χ1) is 12.2. The maximum atomic E-state index is 12.3. The maximum Gasteiger partial charge on any atom is 0.234 e. The summed E-state index contributed by atoms with van der Waals surface area (Å²) in [7, 11) is 0. The van der Waals surface area contributed by atoms with Crippen molar-refractivity contribution in [1.82, 2.24) is 15.1 Å². The van der Waals surface area contributed by atoms with Crippen molar-refractivity contribution >= 4 is 23.2 Å². The molecule has 5 nitrogen and oxygen atoms in total. The van der Waals surface area contributed by atoms with Gasteiger partial charge in [-0.15, -0.1) is 11.3 Å². The van der Waals surface area contributed by atoms with Gasteiger partial charge in [0, 0.05) is 37.5 Å². The van der Waals surface area contributed by atoms with Crippen molar-refractivity contribution in [2.24, 2.45) is 5.92 Å². The Hall–Kier alpha value is -1.40. The topological polar surface area (TPSA) is 52.7 Å². The summed E-state index contributed by atoms with van der Waals surface area (Å²) in [5.74, 6) is 1.14. The van der Waals surface area contributed by atoms with Gasteiger partial charge in [-0.2, -0.15) is 0 Å². The standard InChI is InChI=1S/C19H29N3O2S/c23-18(20-14-17-6-3-13-25-17)15-21-9-11-22(12-10-21)19(24)8-7-16-4-1-2-5-16/h3,6,13,16H,1-2,4-5,7-12,14-15H2,(H,20,23). The molecule has 0 bridgehead atoms. The van der Waals surface area contributed by atoms with Crippen LogP contribution in [0.4, 0.5) is 0 Å². The first kappa shape index (κ1) is 18.4. The second-order valence-corrected chi connectivity index (χ2v) is 8.23. The molecule has 2 heterocycles. The van der Waals surface area contributed by atoms with E-state index in [9.17, 15) is 9.59 Å². The fourth-order valence-corrected chi connectivity index (χ4v) is 4.44. The summed E-state index contributed by atoms with van der Waals surface area (Å²) in [5.41, 5.74) is 0. The molecule has 0 aromatic carbocycles. The van der Waals surface area contributed by atoms with Crippen LogP contribution < -0.4 is 5.32 Å². The summed E-state index contributed by atoms with van der Waals surface area (Å²) < 4.78 is 0. The third-order valence-electron chi connectivity index (χ3n) is 5.37. The highest BCUT2D eigenvalue weighted by Gasteiger charge is 2.23. The Morgan fingerprint density at radius 2 is 1.92 bits per heavy atom. The van der Waals surface area contributed by atoms with Crippen LogP contribution in [0.5, 0.6) is 0 Å². The fraction of sp³-hybridized carbons (Fsp3) is 0.684. The average Bonchev–Trinajstić information content (AvgIpc) is 3.32. The molecule has 1 N–H and O–H groups in total. The van der Waals surface area contributed by atoms with Crippen molar-refractivity contribution in [1.29, 1.82) is 0 Å². The van der Waals surface area contributed by atoms with Gasteiger partial charge in [-0.3, -0.25) is 14.5 Å². The van der Waals surface area contributed by atoms with E-state index in [1.54, 1.807) is 11.3 Å². The van der Waals surface area contributed by atoms with Crippen LogP contribution in [-0.2, 0) is 16.1 Å².